The molecule has 1 atom stereocenters. The molecular formula is C15H21BrN2O. The van der Waals surface area contributed by atoms with E-state index in [1.807, 2.05) is 30.0 Å². The van der Waals surface area contributed by atoms with Crippen LogP contribution in [0.3, 0.4) is 0 Å². The van der Waals surface area contributed by atoms with Crippen LogP contribution in [-0.4, -0.2) is 29.9 Å². The quantitative estimate of drug-likeness (QED) is 0.928. The van der Waals surface area contributed by atoms with Crippen LogP contribution in [0, 0.1) is 6.92 Å². The fraction of sp³-hybridized carbons (Fsp3) is 0.533. The van der Waals surface area contributed by atoms with Crippen molar-refractivity contribution in [2.24, 2.45) is 5.73 Å². The molecule has 0 saturated carbocycles. The molecule has 2 rings (SSSR count). The first-order valence-electron chi connectivity index (χ1n) is 6.91. The molecule has 0 spiro atoms. The van der Waals surface area contributed by atoms with E-state index in [1.54, 1.807) is 0 Å². The van der Waals surface area contributed by atoms with Crippen LogP contribution in [0.5, 0.6) is 0 Å². The predicted molar refractivity (Wildman–Crippen MR) is 81.2 cm³/mol. The Labute approximate surface area is 123 Å². The third-order valence-corrected chi connectivity index (χ3v) is 4.86. The maximum absolute atomic E-state index is 12.7. The highest BCUT2D eigenvalue weighted by Crippen LogP contribution is 2.26. The maximum Gasteiger partial charge on any atom is 0.255 e. The standard InChI is InChI=1S/C15H21BrN2O/c1-11-5-4-7-13(14(11)16)15(19)18-10-3-2-6-12(18)8-9-17/h4-5,7,12H,2-3,6,8-10,17H2,1H3. The molecule has 0 radical (unpaired) electrons. The van der Waals surface area contributed by atoms with Gasteiger partial charge < -0.3 is 10.6 Å². The number of hydrogen-bond acceptors (Lipinski definition) is 2. The van der Waals surface area contributed by atoms with Crippen molar-refractivity contribution in [3.8, 4) is 0 Å². The van der Waals surface area contributed by atoms with E-state index in [1.165, 1.54) is 6.42 Å². The molecule has 1 aromatic carbocycles. The smallest absolute Gasteiger partial charge is 0.255 e. The van der Waals surface area contributed by atoms with Crippen LogP contribution in [0.15, 0.2) is 22.7 Å². The minimum atomic E-state index is 0.133. The van der Waals surface area contributed by atoms with Crippen LogP contribution in [0.4, 0.5) is 0 Å². The number of nitrogens with two attached hydrogens (primary N) is 1. The van der Waals surface area contributed by atoms with E-state index >= 15 is 0 Å². The van der Waals surface area contributed by atoms with Gasteiger partial charge >= 0.3 is 0 Å². The van der Waals surface area contributed by atoms with Gasteiger partial charge in [-0.25, -0.2) is 0 Å². The van der Waals surface area contributed by atoms with Crippen LogP contribution in [-0.2, 0) is 0 Å². The highest BCUT2D eigenvalue weighted by atomic mass is 79.9. The number of benzene rings is 1. The second kappa shape index (κ2) is 6.53. The maximum atomic E-state index is 12.7. The number of amides is 1. The fourth-order valence-corrected chi connectivity index (χ4v) is 3.16. The Morgan fingerprint density at radius 2 is 2.26 bits per heavy atom. The highest BCUT2D eigenvalue weighted by molar-refractivity contribution is 9.10. The van der Waals surface area contributed by atoms with Crippen LogP contribution in [0.2, 0.25) is 0 Å². The summed E-state index contributed by atoms with van der Waals surface area (Å²) < 4.78 is 0.914. The van der Waals surface area contributed by atoms with Crippen molar-refractivity contribution < 1.29 is 4.79 Å². The molecule has 1 aromatic rings. The summed E-state index contributed by atoms with van der Waals surface area (Å²) in [5, 5.41) is 0. The molecule has 0 aromatic heterocycles. The molecule has 1 aliphatic heterocycles. The summed E-state index contributed by atoms with van der Waals surface area (Å²) in [6.07, 6.45) is 4.27. The lowest BCUT2D eigenvalue weighted by Crippen LogP contribution is -2.44. The molecule has 0 bridgehead atoms. The first-order chi connectivity index (χ1) is 9.15. The Balaban J connectivity index is 2.23. The Hall–Kier alpha value is -0.870. The first kappa shape index (κ1) is 14.5. The van der Waals surface area contributed by atoms with E-state index in [-0.39, 0.29) is 5.91 Å². The lowest BCUT2D eigenvalue weighted by atomic mass is 9.98. The van der Waals surface area contributed by atoms with E-state index in [4.69, 9.17) is 5.73 Å². The SMILES string of the molecule is Cc1cccc(C(=O)N2CCCCC2CCN)c1Br. The van der Waals surface area contributed by atoms with E-state index in [0.717, 1.165) is 41.4 Å². The van der Waals surface area contributed by atoms with Crippen molar-refractivity contribution in [2.45, 2.75) is 38.6 Å². The van der Waals surface area contributed by atoms with E-state index in [0.29, 0.717) is 12.6 Å². The summed E-state index contributed by atoms with van der Waals surface area (Å²) in [6, 6.07) is 6.15. The Bertz CT molecular complexity index is 459. The number of piperidine rings is 1. The average Bonchev–Trinajstić information content (AvgIpc) is 2.42. The molecule has 1 amide bonds. The number of hydrogen-bond donors (Lipinski definition) is 1. The van der Waals surface area contributed by atoms with Gasteiger partial charge in [-0.1, -0.05) is 12.1 Å². The number of carbonyl (C=O) groups excluding carboxylic acids is 1. The summed E-state index contributed by atoms with van der Waals surface area (Å²) in [5.41, 5.74) is 7.53. The van der Waals surface area contributed by atoms with Gasteiger partial charge in [0.2, 0.25) is 0 Å². The van der Waals surface area contributed by atoms with Crippen molar-refractivity contribution in [3.05, 3.63) is 33.8 Å². The summed E-state index contributed by atoms with van der Waals surface area (Å²) in [4.78, 5) is 14.7. The van der Waals surface area contributed by atoms with E-state index in [2.05, 4.69) is 15.9 Å². The van der Waals surface area contributed by atoms with Gasteiger partial charge in [0.15, 0.2) is 0 Å². The summed E-state index contributed by atoms with van der Waals surface area (Å²) in [6.45, 7) is 3.50. The molecule has 0 aliphatic carbocycles. The first-order valence-corrected chi connectivity index (χ1v) is 7.70. The van der Waals surface area contributed by atoms with Gasteiger partial charge in [-0.05, 0) is 66.7 Å². The van der Waals surface area contributed by atoms with Crippen molar-refractivity contribution in [1.29, 1.82) is 0 Å². The largest absolute Gasteiger partial charge is 0.336 e. The van der Waals surface area contributed by atoms with Crippen LogP contribution in [0.25, 0.3) is 0 Å². The number of nitrogens with zero attached hydrogens (tertiary/aromatic N) is 1. The Morgan fingerprint density at radius 3 is 3.00 bits per heavy atom. The topological polar surface area (TPSA) is 46.3 Å². The number of halogens is 1. The molecule has 3 nitrogen and oxygen atoms in total. The molecule has 2 N–H and O–H groups in total. The Kier molecular flexibility index (Phi) is 4.99. The lowest BCUT2D eigenvalue weighted by molar-refractivity contribution is 0.0604. The van der Waals surface area contributed by atoms with Crippen molar-refractivity contribution in [3.63, 3.8) is 0 Å². The molecule has 1 saturated heterocycles. The summed E-state index contributed by atoms with van der Waals surface area (Å²) in [5.74, 6) is 0.133. The molecule has 1 unspecified atom stereocenters. The molecule has 1 fully saturated rings. The van der Waals surface area contributed by atoms with E-state index in [9.17, 15) is 4.79 Å². The predicted octanol–water partition coefficient (Wildman–Crippen LogP) is 3.10. The van der Waals surface area contributed by atoms with Gasteiger partial charge in [0.1, 0.15) is 0 Å². The van der Waals surface area contributed by atoms with Gasteiger partial charge in [0.25, 0.3) is 5.91 Å². The third-order valence-electron chi connectivity index (χ3n) is 3.81. The monoisotopic (exact) mass is 324 g/mol. The van der Waals surface area contributed by atoms with Crippen molar-refractivity contribution in [2.75, 3.05) is 13.1 Å². The number of likely N-dealkylation sites (tertiary alicyclic amines) is 1. The molecular weight excluding hydrogens is 304 g/mol. The zero-order valence-electron chi connectivity index (χ0n) is 11.4. The lowest BCUT2D eigenvalue weighted by Gasteiger charge is -2.36. The summed E-state index contributed by atoms with van der Waals surface area (Å²) in [7, 11) is 0. The van der Waals surface area contributed by atoms with Crippen LogP contribution in [0.1, 0.15) is 41.6 Å². The number of aryl methyl sites for hydroxylation is 1. The normalized spacial score (nSPS) is 19.5. The number of carbonyl (C=O) groups is 1. The zero-order chi connectivity index (χ0) is 13.8. The average molecular weight is 325 g/mol. The molecule has 1 heterocycles. The summed E-state index contributed by atoms with van der Waals surface area (Å²) >= 11 is 3.53. The number of rotatable bonds is 3. The van der Waals surface area contributed by atoms with Gasteiger partial charge in [-0.3, -0.25) is 4.79 Å². The van der Waals surface area contributed by atoms with Crippen LogP contribution < -0.4 is 5.73 Å². The molecule has 104 valence electrons. The zero-order valence-corrected chi connectivity index (χ0v) is 12.9. The van der Waals surface area contributed by atoms with Crippen LogP contribution >= 0.6 is 15.9 Å². The van der Waals surface area contributed by atoms with Crippen molar-refractivity contribution >= 4 is 21.8 Å². The second-order valence-corrected chi connectivity index (χ2v) is 5.95. The Morgan fingerprint density at radius 1 is 1.47 bits per heavy atom. The minimum absolute atomic E-state index is 0.133. The minimum Gasteiger partial charge on any atom is -0.336 e. The van der Waals surface area contributed by atoms with E-state index < -0.39 is 0 Å². The van der Waals surface area contributed by atoms with Gasteiger partial charge in [0.05, 0.1) is 5.56 Å². The molecule has 1 aliphatic rings. The molecule has 19 heavy (non-hydrogen) atoms. The fourth-order valence-electron chi connectivity index (χ4n) is 2.73. The second-order valence-electron chi connectivity index (χ2n) is 5.16. The highest BCUT2D eigenvalue weighted by Gasteiger charge is 2.27. The van der Waals surface area contributed by atoms with Gasteiger partial charge in [0, 0.05) is 17.1 Å². The van der Waals surface area contributed by atoms with Gasteiger partial charge in [-0.15, -0.1) is 0 Å². The molecule has 4 heteroatoms. The van der Waals surface area contributed by atoms with Crippen molar-refractivity contribution in [1.82, 2.24) is 4.90 Å². The van der Waals surface area contributed by atoms with Gasteiger partial charge in [-0.2, -0.15) is 0 Å². The third kappa shape index (κ3) is 3.18.